The van der Waals surface area contributed by atoms with Crippen molar-refractivity contribution in [1.82, 2.24) is 0 Å². The van der Waals surface area contributed by atoms with Gasteiger partial charge in [-0.3, -0.25) is 4.79 Å². The smallest absolute Gasteiger partial charge is 0.177 e. The molecule has 2 nitrogen and oxygen atoms in total. The second kappa shape index (κ2) is 4.53. The van der Waals surface area contributed by atoms with E-state index in [-0.39, 0.29) is 17.4 Å². The Hall–Kier alpha value is -0.930. The Kier molecular flexibility index (Phi) is 3.61. The van der Waals surface area contributed by atoms with Crippen LogP contribution in [0.3, 0.4) is 0 Å². The summed E-state index contributed by atoms with van der Waals surface area (Å²) < 4.78 is 12.9. The minimum atomic E-state index is -1.09. The van der Waals surface area contributed by atoms with Crippen molar-refractivity contribution >= 4 is 17.4 Å². The van der Waals surface area contributed by atoms with E-state index in [1.165, 1.54) is 19.1 Å². The fourth-order valence-corrected chi connectivity index (χ4v) is 1.41. The first-order chi connectivity index (χ1) is 6.56. The van der Waals surface area contributed by atoms with E-state index in [4.69, 9.17) is 17.3 Å². The first-order valence-electron chi connectivity index (χ1n) is 4.23. The summed E-state index contributed by atoms with van der Waals surface area (Å²) in [6.45, 7) is 1.32. The van der Waals surface area contributed by atoms with Crippen LogP contribution in [0.25, 0.3) is 0 Å². The summed E-state index contributed by atoms with van der Waals surface area (Å²) in [5, 5.41) is 0.252. The van der Waals surface area contributed by atoms with Crippen LogP contribution in [0.2, 0.25) is 5.02 Å². The molecule has 1 aromatic rings. The second-order valence-electron chi connectivity index (χ2n) is 2.98. The van der Waals surface area contributed by atoms with Crippen LogP contribution < -0.4 is 5.73 Å². The third kappa shape index (κ3) is 2.30. The van der Waals surface area contributed by atoms with E-state index in [1.807, 2.05) is 0 Å². The standard InChI is InChI=1S/C10H11ClFNO/c1-6(12)7-2-3-8(9(11)4-7)10(14)5-13/h2-4,6H,5,13H2,1H3. The highest BCUT2D eigenvalue weighted by Crippen LogP contribution is 2.23. The SMILES string of the molecule is CC(F)c1ccc(C(=O)CN)c(Cl)c1. The summed E-state index contributed by atoms with van der Waals surface area (Å²) in [4.78, 5) is 11.2. The fourth-order valence-electron chi connectivity index (χ4n) is 1.11. The maximum Gasteiger partial charge on any atom is 0.177 e. The largest absolute Gasteiger partial charge is 0.324 e. The molecule has 1 unspecified atom stereocenters. The minimum Gasteiger partial charge on any atom is -0.324 e. The lowest BCUT2D eigenvalue weighted by molar-refractivity contribution is 0.100. The van der Waals surface area contributed by atoms with Gasteiger partial charge >= 0.3 is 0 Å². The van der Waals surface area contributed by atoms with Gasteiger partial charge in [0.25, 0.3) is 0 Å². The third-order valence-electron chi connectivity index (χ3n) is 1.94. The normalized spacial score (nSPS) is 12.6. The molecule has 2 N–H and O–H groups in total. The molecule has 0 spiro atoms. The number of rotatable bonds is 3. The molecule has 0 saturated carbocycles. The van der Waals surface area contributed by atoms with Crippen molar-refractivity contribution in [3.63, 3.8) is 0 Å². The molecule has 76 valence electrons. The Morgan fingerprint density at radius 3 is 2.71 bits per heavy atom. The average Bonchev–Trinajstić information content (AvgIpc) is 2.16. The number of carbonyl (C=O) groups is 1. The molecule has 0 bridgehead atoms. The predicted octanol–water partition coefficient (Wildman–Crippen LogP) is 2.51. The molecular weight excluding hydrogens is 205 g/mol. The van der Waals surface area contributed by atoms with Crippen LogP contribution in [0.1, 0.15) is 29.0 Å². The van der Waals surface area contributed by atoms with Crippen molar-refractivity contribution in [3.8, 4) is 0 Å². The molecule has 1 rings (SSSR count). The highest BCUT2D eigenvalue weighted by Gasteiger charge is 2.11. The van der Waals surface area contributed by atoms with E-state index < -0.39 is 6.17 Å². The molecule has 0 aliphatic rings. The number of nitrogens with two attached hydrogens (primary N) is 1. The quantitative estimate of drug-likeness (QED) is 0.788. The van der Waals surface area contributed by atoms with Gasteiger partial charge in [0.15, 0.2) is 5.78 Å². The summed E-state index contributed by atoms with van der Waals surface area (Å²) in [5.41, 5.74) is 6.00. The maximum absolute atomic E-state index is 12.9. The lowest BCUT2D eigenvalue weighted by atomic mass is 10.1. The summed E-state index contributed by atoms with van der Waals surface area (Å²) in [5.74, 6) is -0.243. The Morgan fingerprint density at radius 2 is 2.29 bits per heavy atom. The van der Waals surface area contributed by atoms with E-state index in [9.17, 15) is 9.18 Å². The lowest BCUT2D eigenvalue weighted by Crippen LogP contribution is -2.14. The van der Waals surface area contributed by atoms with Crippen LogP contribution in [0.5, 0.6) is 0 Å². The second-order valence-corrected chi connectivity index (χ2v) is 3.39. The van der Waals surface area contributed by atoms with Crippen LogP contribution in [0.4, 0.5) is 4.39 Å². The zero-order valence-corrected chi connectivity index (χ0v) is 8.51. The van der Waals surface area contributed by atoms with Gasteiger partial charge in [-0.15, -0.1) is 0 Å². The summed E-state index contributed by atoms with van der Waals surface area (Å²) in [7, 11) is 0. The van der Waals surface area contributed by atoms with Crippen molar-refractivity contribution < 1.29 is 9.18 Å². The minimum absolute atomic E-state index is 0.0930. The van der Waals surface area contributed by atoms with Crippen molar-refractivity contribution in [2.45, 2.75) is 13.1 Å². The first-order valence-corrected chi connectivity index (χ1v) is 4.61. The van der Waals surface area contributed by atoms with Gasteiger partial charge in [0.05, 0.1) is 11.6 Å². The van der Waals surface area contributed by atoms with Gasteiger partial charge in [-0.05, 0) is 24.6 Å². The van der Waals surface area contributed by atoms with Gasteiger partial charge in [-0.2, -0.15) is 0 Å². The van der Waals surface area contributed by atoms with E-state index in [1.54, 1.807) is 6.07 Å². The summed E-state index contributed by atoms with van der Waals surface area (Å²) in [6, 6.07) is 4.50. The molecule has 4 heteroatoms. The first kappa shape index (κ1) is 11.1. The van der Waals surface area contributed by atoms with Crippen LogP contribution in [-0.4, -0.2) is 12.3 Å². The molecular formula is C10H11ClFNO. The van der Waals surface area contributed by atoms with Crippen LogP contribution >= 0.6 is 11.6 Å². The molecule has 1 atom stereocenters. The van der Waals surface area contributed by atoms with E-state index >= 15 is 0 Å². The monoisotopic (exact) mass is 215 g/mol. The number of Topliss-reactive ketones (excluding diaryl/α,β-unsaturated/α-hetero) is 1. The van der Waals surface area contributed by atoms with Gasteiger partial charge in [-0.1, -0.05) is 17.7 Å². The molecule has 0 aliphatic carbocycles. The molecule has 0 radical (unpaired) electrons. The highest BCUT2D eigenvalue weighted by molar-refractivity contribution is 6.34. The van der Waals surface area contributed by atoms with Gasteiger partial charge in [-0.25, -0.2) is 4.39 Å². The van der Waals surface area contributed by atoms with Crippen LogP contribution in [0, 0.1) is 0 Å². The van der Waals surface area contributed by atoms with Crippen LogP contribution in [-0.2, 0) is 0 Å². The summed E-state index contributed by atoms with van der Waals surface area (Å²) >= 11 is 5.80. The Balaban J connectivity index is 3.07. The zero-order valence-electron chi connectivity index (χ0n) is 7.76. The van der Waals surface area contributed by atoms with E-state index in [0.717, 1.165) is 0 Å². The van der Waals surface area contributed by atoms with Gasteiger partial charge in [0, 0.05) is 5.56 Å². The Labute approximate surface area is 86.9 Å². The number of halogens is 2. The number of hydrogen-bond donors (Lipinski definition) is 1. The summed E-state index contributed by atoms with van der Waals surface area (Å²) in [6.07, 6.45) is -1.09. The number of carbonyl (C=O) groups excluding carboxylic acids is 1. The maximum atomic E-state index is 12.9. The number of ketones is 1. The van der Waals surface area contributed by atoms with E-state index in [0.29, 0.717) is 11.1 Å². The van der Waals surface area contributed by atoms with Crippen molar-refractivity contribution in [2.24, 2.45) is 5.73 Å². The third-order valence-corrected chi connectivity index (χ3v) is 2.25. The highest BCUT2D eigenvalue weighted by atomic mass is 35.5. The van der Waals surface area contributed by atoms with Gasteiger partial charge in [0.2, 0.25) is 0 Å². The molecule has 0 fully saturated rings. The molecule has 0 saturated heterocycles. The Bertz CT molecular complexity index is 352. The van der Waals surface area contributed by atoms with Gasteiger partial charge < -0.3 is 5.73 Å². The lowest BCUT2D eigenvalue weighted by Gasteiger charge is -2.06. The predicted molar refractivity (Wildman–Crippen MR) is 54.4 cm³/mol. The van der Waals surface area contributed by atoms with Crippen LogP contribution in [0.15, 0.2) is 18.2 Å². The molecule has 0 aromatic heterocycles. The zero-order chi connectivity index (χ0) is 10.7. The number of alkyl halides is 1. The molecule has 0 amide bonds. The Morgan fingerprint density at radius 1 is 1.64 bits per heavy atom. The average molecular weight is 216 g/mol. The van der Waals surface area contributed by atoms with Crippen molar-refractivity contribution in [1.29, 1.82) is 0 Å². The van der Waals surface area contributed by atoms with Gasteiger partial charge in [0.1, 0.15) is 6.17 Å². The number of benzene rings is 1. The topological polar surface area (TPSA) is 43.1 Å². The van der Waals surface area contributed by atoms with Crippen molar-refractivity contribution in [2.75, 3.05) is 6.54 Å². The van der Waals surface area contributed by atoms with E-state index in [2.05, 4.69) is 0 Å². The van der Waals surface area contributed by atoms with Crippen molar-refractivity contribution in [3.05, 3.63) is 34.3 Å². The fraction of sp³-hybridized carbons (Fsp3) is 0.300. The number of hydrogen-bond acceptors (Lipinski definition) is 2. The molecule has 0 aliphatic heterocycles. The molecule has 14 heavy (non-hydrogen) atoms. The molecule has 0 heterocycles. The molecule has 1 aromatic carbocycles.